The minimum atomic E-state index is -4.68. The monoisotopic (exact) mass is 1280 g/mol. The average molecular weight is 1290 g/mol. The van der Waals surface area contributed by atoms with Crippen LogP contribution in [0.2, 0.25) is 0 Å². The molecule has 2 aromatic carbocycles. The maximum absolute atomic E-state index is 12.9. The number of nitrogen functional groups attached to an aromatic ring is 1. The molecule has 37 heteroatoms. The number of carbonyl (C=O) groups is 5. The minimum absolute atomic E-state index is 0. The molecular formula is C46H48ClCuF9N17O7S2. The number of primary amides is 1. The molecule has 5 aromatic heterocycles. The van der Waals surface area contributed by atoms with Crippen LogP contribution in [0.4, 0.5) is 68.2 Å². The smallest absolute Gasteiger partial charge is 0.512 e. The molecule has 0 spiro atoms. The van der Waals surface area contributed by atoms with Crippen LogP contribution >= 0.6 is 34.3 Å². The van der Waals surface area contributed by atoms with Crippen LogP contribution < -0.4 is 31.9 Å². The Hall–Kier alpha value is -8.52. The summed E-state index contributed by atoms with van der Waals surface area (Å²) in [7, 11) is 0. The fourth-order valence-corrected chi connectivity index (χ4v) is 7.12. The van der Waals surface area contributed by atoms with Crippen molar-refractivity contribution in [3.05, 3.63) is 134 Å². The number of alkyl halides is 10. The van der Waals surface area contributed by atoms with Gasteiger partial charge in [-0.1, -0.05) is 13.8 Å². The molecule has 5 amide bonds. The van der Waals surface area contributed by atoms with E-state index in [0.717, 1.165) is 34.2 Å². The van der Waals surface area contributed by atoms with Gasteiger partial charge < -0.3 is 48.6 Å². The number of hydrogen-bond acceptors (Lipinski definition) is 18. The number of halogens is 10. The molecule has 7 rings (SSSR count). The maximum atomic E-state index is 12.9. The van der Waals surface area contributed by atoms with Gasteiger partial charge in [-0.25, -0.2) is 9.67 Å². The van der Waals surface area contributed by atoms with E-state index in [1.54, 1.807) is 75.0 Å². The number of H-pyrrole nitrogens is 2. The number of thiophene rings is 2. The maximum Gasteiger partial charge on any atom is 1.00 e. The average Bonchev–Trinajstić information content (AvgIpc) is 4.31. The van der Waals surface area contributed by atoms with Gasteiger partial charge in [0.15, 0.2) is 5.34 Å². The first-order valence-electron chi connectivity index (χ1n) is 22.6. The molecule has 0 unspecified atom stereocenters. The van der Waals surface area contributed by atoms with Crippen molar-refractivity contribution in [1.29, 1.82) is 5.26 Å². The van der Waals surface area contributed by atoms with Gasteiger partial charge in [0.1, 0.15) is 25.4 Å². The number of aromatic nitrogens is 9. The SMILES string of the molecule is CC(=O)Nc1ccc(N(Cc2ccsc2)C(=O)CCl)cc1.CC(=O)Nc1ccc(N(Cc2ccsc2)C(=O)Cn2cnc(C(F)(F)F)n2)cc1.CC(C)CCON=O.NC(=O)c1n[nH]c(C(F)(F)F)n1.Nc1n[nH]c(C(F)(F)F)n1.[C-]#N.[Cu+]. The van der Waals surface area contributed by atoms with E-state index in [1.807, 2.05) is 33.7 Å². The third kappa shape index (κ3) is 27.2. The zero-order valence-corrected chi connectivity index (χ0v) is 46.6. The molecule has 7 aromatic rings. The van der Waals surface area contributed by atoms with Gasteiger partial charge in [0.25, 0.3) is 11.7 Å². The molecule has 0 radical (unpaired) electrons. The van der Waals surface area contributed by atoms with Gasteiger partial charge in [-0.05, 0) is 106 Å². The number of aromatic amines is 2. The van der Waals surface area contributed by atoms with E-state index in [-0.39, 0.29) is 47.2 Å². The van der Waals surface area contributed by atoms with Gasteiger partial charge in [-0.15, -0.1) is 31.8 Å². The molecule has 0 aliphatic carbocycles. The molecule has 0 saturated carbocycles. The van der Waals surface area contributed by atoms with E-state index in [9.17, 15) is 68.4 Å². The molecule has 0 bridgehead atoms. The Labute approximate surface area is 488 Å². The first-order chi connectivity index (χ1) is 38.5. The summed E-state index contributed by atoms with van der Waals surface area (Å²) in [5.41, 5.74) is 13.9. The molecule has 83 heavy (non-hydrogen) atoms. The van der Waals surface area contributed by atoms with Crippen molar-refractivity contribution in [2.75, 3.05) is 38.7 Å². The van der Waals surface area contributed by atoms with Crippen LogP contribution in [0.3, 0.4) is 0 Å². The summed E-state index contributed by atoms with van der Waals surface area (Å²) < 4.78 is 109. The van der Waals surface area contributed by atoms with Crippen molar-refractivity contribution in [2.45, 2.75) is 72.3 Å². The summed E-state index contributed by atoms with van der Waals surface area (Å²) >= 11 is 8.75. The van der Waals surface area contributed by atoms with Crippen molar-refractivity contribution in [3.8, 4) is 0 Å². The molecule has 0 aliphatic rings. The number of carbonyl (C=O) groups excluding carboxylic acids is 5. The van der Waals surface area contributed by atoms with Crippen LogP contribution in [0, 0.1) is 22.7 Å². The summed E-state index contributed by atoms with van der Waals surface area (Å²) in [4.78, 5) is 82.8. The van der Waals surface area contributed by atoms with E-state index >= 15 is 0 Å². The van der Waals surface area contributed by atoms with E-state index in [2.05, 4.69) is 70.6 Å². The standard InChI is InChI=1S/C18H16F3N5O2S.C15H15ClN2O2S.C5H11NO2.C4H3F3N4O.C3H3F3N4.CN.Cu/c1-12(27)23-14-2-4-15(5-3-14)26(8-13-6-7-29-10-13)16(28)9-25-11-22-17(24-25)18(19,20)21;1-11(19)17-13-2-4-14(5-3-13)18(15(20)8-16)9-12-6-7-21-10-12;1-5(2)3-4-8-6-7;5-4(6,7)3-9-2(1(8)12)10-11-3;4-3(5,6)1-8-2(7)10-9-1;1-2;/h2-7,10-11H,8-9H2,1H3,(H,23,27);2-7,10H,8-9H2,1H3,(H,17,19);5H,3-4H2,1-2H3;(H2,8,12)(H,9,10,11);(H3,7,8,9,10);;/q;;;;;-1;+1. The molecule has 0 aliphatic heterocycles. The topological polar surface area (TPSA) is 344 Å². The van der Waals surface area contributed by atoms with E-state index in [4.69, 9.17) is 29.2 Å². The number of anilines is 5. The van der Waals surface area contributed by atoms with Crippen molar-refractivity contribution in [1.82, 2.24) is 45.1 Å². The summed E-state index contributed by atoms with van der Waals surface area (Å²) in [6.07, 6.45) is -12.0. The zero-order chi connectivity index (χ0) is 61.8. The number of hydrogen-bond donors (Lipinski definition) is 6. The normalized spacial score (nSPS) is 10.6. The number of rotatable bonds is 16. The molecule has 0 fully saturated rings. The number of nitrogens with zero attached hydrogens (tertiary/aromatic N) is 11. The first kappa shape index (κ1) is 72.5. The largest absolute Gasteiger partial charge is 1.00 e. The second-order valence-corrected chi connectivity index (χ2v) is 17.9. The number of nitrogens with one attached hydrogen (secondary N) is 4. The minimum Gasteiger partial charge on any atom is -0.512 e. The van der Waals surface area contributed by atoms with Gasteiger partial charge in [-0.2, -0.15) is 72.2 Å². The van der Waals surface area contributed by atoms with Crippen LogP contribution in [-0.2, 0) is 79.2 Å². The van der Waals surface area contributed by atoms with Crippen LogP contribution in [0.15, 0.2) is 93.9 Å². The van der Waals surface area contributed by atoms with Gasteiger partial charge in [0.05, 0.1) is 13.1 Å². The Morgan fingerprint density at radius 3 is 1.53 bits per heavy atom. The van der Waals surface area contributed by atoms with Crippen molar-refractivity contribution < 1.29 is 85.4 Å². The van der Waals surface area contributed by atoms with E-state index < -0.39 is 66.1 Å². The first-order valence-corrected chi connectivity index (χ1v) is 25.0. The Bertz CT molecular complexity index is 3090. The predicted molar refractivity (Wildman–Crippen MR) is 280 cm³/mol. The number of benzene rings is 2. The fourth-order valence-electron chi connectivity index (χ4n) is 5.66. The number of amides is 5. The van der Waals surface area contributed by atoms with Gasteiger partial charge in [0, 0.05) is 36.6 Å². The van der Waals surface area contributed by atoms with E-state index in [0.29, 0.717) is 36.1 Å². The summed E-state index contributed by atoms with van der Waals surface area (Å²) in [6, 6.07) is 17.5. The summed E-state index contributed by atoms with van der Waals surface area (Å²) in [5, 5.41) is 34.0. The molecule has 24 nitrogen and oxygen atoms in total. The molecule has 8 N–H and O–H groups in total. The van der Waals surface area contributed by atoms with Crippen LogP contribution in [0.25, 0.3) is 0 Å². The Kier molecular flexibility index (Phi) is 30.9. The quantitative estimate of drug-likeness (QED) is 0.00998. The van der Waals surface area contributed by atoms with E-state index in [1.165, 1.54) is 30.1 Å². The third-order valence-electron chi connectivity index (χ3n) is 9.23. The Balaban J connectivity index is 0.000000556. The third-order valence-corrected chi connectivity index (χ3v) is 10.9. The molecule has 452 valence electrons. The summed E-state index contributed by atoms with van der Waals surface area (Å²) in [5.74, 6) is -6.47. The van der Waals surface area contributed by atoms with Crippen molar-refractivity contribution in [3.63, 3.8) is 0 Å². The van der Waals surface area contributed by atoms with Crippen molar-refractivity contribution in [2.24, 2.45) is 17.0 Å². The Morgan fingerprint density at radius 2 is 1.22 bits per heavy atom. The zero-order valence-electron chi connectivity index (χ0n) is 43.3. The molecule has 0 saturated heterocycles. The summed E-state index contributed by atoms with van der Waals surface area (Å²) in [6.45, 7) is 12.5. The van der Waals surface area contributed by atoms with Crippen molar-refractivity contribution >= 4 is 92.5 Å². The molecule has 5 heterocycles. The predicted octanol–water partition coefficient (Wildman–Crippen LogP) is 9.18. The van der Waals surface area contributed by atoms with Crippen LogP contribution in [-0.4, -0.2) is 87.1 Å². The van der Waals surface area contributed by atoms with Gasteiger partial charge in [-0.3, -0.25) is 34.2 Å². The second kappa shape index (κ2) is 35.4. The number of nitrogens with two attached hydrogens (primary N) is 2. The van der Waals surface area contributed by atoms with Gasteiger partial charge in [0.2, 0.25) is 47.1 Å². The van der Waals surface area contributed by atoms with Crippen LogP contribution in [0.5, 0.6) is 0 Å². The molecular weight excluding hydrogens is 1240 g/mol. The second-order valence-electron chi connectivity index (χ2n) is 16.1. The van der Waals surface area contributed by atoms with Crippen LogP contribution in [0.1, 0.15) is 73.3 Å². The fraction of sp³-hybridized carbons (Fsp3) is 0.304. The Morgan fingerprint density at radius 1 is 0.759 bits per heavy atom. The van der Waals surface area contributed by atoms with Gasteiger partial charge >= 0.3 is 35.6 Å². The molecule has 0 atom stereocenters.